The topological polar surface area (TPSA) is 156 Å². The molecule has 1 atom stereocenters. The number of rotatable bonds is 9. The summed E-state index contributed by atoms with van der Waals surface area (Å²) in [6.07, 6.45) is -1.42. The van der Waals surface area contributed by atoms with E-state index in [1.54, 1.807) is 6.07 Å². The van der Waals surface area contributed by atoms with Crippen LogP contribution in [0.1, 0.15) is 6.92 Å². The number of aliphatic hydroxyl groups is 2. The number of anilines is 3. The number of hydrogen-bond donors (Lipinski definition) is 4. The fraction of sp³-hybridized carbons (Fsp3) is 0.240. The van der Waals surface area contributed by atoms with Crippen LogP contribution in [-0.4, -0.2) is 51.4 Å². The molecule has 0 saturated carbocycles. The molecule has 0 spiro atoms. The van der Waals surface area contributed by atoms with Gasteiger partial charge in [0.2, 0.25) is 15.8 Å². The lowest BCUT2D eigenvalue weighted by atomic mass is 10.1. The van der Waals surface area contributed by atoms with Crippen LogP contribution in [0, 0.1) is 15.2 Å². The highest BCUT2D eigenvalue weighted by Crippen LogP contribution is 2.32. The standard InChI is InChI=1S/C25H24F2IN5O6S/c1-3-40(38,39)31-15-6-4-5-13(9-15)21-23-19(24(36)33(30-21)11-16(35)12-34)22(20(27)25(37)32(23)2)29-18-8-7-14(28)10-17(18)26/h4-10,16,29,31,34-35H,3,11-12H2,1-2H3. The van der Waals surface area contributed by atoms with Gasteiger partial charge in [-0.15, -0.1) is 0 Å². The van der Waals surface area contributed by atoms with E-state index in [1.807, 2.05) is 22.6 Å². The third-order valence-electron chi connectivity index (χ3n) is 6.00. The molecule has 40 heavy (non-hydrogen) atoms. The molecule has 1 unspecified atom stereocenters. The maximum absolute atomic E-state index is 15.5. The molecule has 2 aromatic carbocycles. The molecule has 2 heterocycles. The molecule has 0 aliphatic carbocycles. The summed E-state index contributed by atoms with van der Waals surface area (Å²) < 4.78 is 59.1. The lowest BCUT2D eigenvalue weighted by Crippen LogP contribution is -2.34. The van der Waals surface area contributed by atoms with E-state index in [-0.39, 0.29) is 39.3 Å². The van der Waals surface area contributed by atoms with Gasteiger partial charge in [0.25, 0.3) is 11.1 Å². The first-order chi connectivity index (χ1) is 18.9. The molecular formula is C25H24F2IN5O6S. The summed E-state index contributed by atoms with van der Waals surface area (Å²) in [5.41, 5.74) is -2.66. The zero-order chi connectivity index (χ0) is 29.4. The average Bonchev–Trinajstić information content (AvgIpc) is 2.91. The predicted octanol–water partition coefficient (Wildman–Crippen LogP) is 2.50. The number of sulfonamides is 1. The third kappa shape index (κ3) is 5.86. The van der Waals surface area contributed by atoms with Crippen LogP contribution in [0.5, 0.6) is 0 Å². The Bertz CT molecular complexity index is 1840. The van der Waals surface area contributed by atoms with Crippen molar-refractivity contribution in [2.45, 2.75) is 19.6 Å². The molecule has 0 aliphatic heterocycles. The minimum Gasteiger partial charge on any atom is -0.394 e. The summed E-state index contributed by atoms with van der Waals surface area (Å²) in [5, 5.41) is 25.9. The summed E-state index contributed by atoms with van der Waals surface area (Å²) in [7, 11) is -2.43. The number of nitrogens with zero attached hydrogens (tertiary/aromatic N) is 3. The van der Waals surface area contributed by atoms with E-state index in [1.165, 1.54) is 50.4 Å². The minimum absolute atomic E-state index is 0.0389. The second-order valence-electron chi connectivity index (χ2n) is 8.78. The number of nitrogens with one attached hydrogen (secondary N) is 2. The average molecular weight is 687 g/mol. The number of pyridine rings is 1. The van der Waals surface area contributed by atoms with Crippen LogP contribution in [0.2, 0.25) is 0 Å². The first-order valence-corrected chi connectivity index (χ1v) is 14.5. The summed E-state index contributed by atoms with van der Waals surface area (Å²) in [4.78, 5) is 26.6. The molecule has 0 radical (unpaired) electrons. The van der Waals surface area contributed by atoms with Gasteiger partial charge in [0.15, 0.2) is 0 Å². The molecule has 15 heteroatoms. The van der Waals surface area contributed by atoms with E-state index in [0.29, 0.717) is 3.57 Å². The van der Waals surface area contributed by atoms with Gasteiger partial charge in [-0.25, -0.2) is 17.5 Å². The lowest BCUT2D eigenvalue weighted by Gasteiger charge is -2.19. The number of hydrogen-bond acceptors (Lipinski definition) is 8. The number of aromatic nitrogens is 3. The van der Waals surface area contributed by atoms with Crippen molar-refractivity contribution in [1.29, 1.82) is 0 Å². The predicted molar refractivity (Wildman–Crippen MR) is 155 cm³/mol. The van der Waals surface area contributed by atoms with Crippen molar-refractivity contribution < 1.29 is 27.4 Å². The molecule has 4 aromatic rings. The molecular weight excluding hydrogens is 663 g/mol. The largest absolute Gasteiger partial charge is 0.394 e. The molecule has 0 saturated heterocycles. The van der Waals surface area contributed by atoms with E-state index in [4.69, 9.17) is 0 Å². The Labute approximate surface area is 240 Å². The number of benzene rings is 2. The molecule has 2 aromatic heterocycles. The van der Waals surface area contributed by atoms with Crippen LogP contribution >= 0.6 is 22.6 Å². The van der Waals surface area contributed by atoms with Crippen molar-refractivity contribution >= 4 is 60.6 Å². The monoisotopic (exact) mass is 687 g/mol. The van der Waals surface area contributed by atoms with Gasteiger partial charge in [-0.05, 0) is 59.8 Å². The van der Waals surface area contributed by atoms with Crippen LogP contribution in [0.15, 0.2) is 52.1 Å². The van der Waals surface area contributed by atoms with Crippen LogP contribution in [-0.2, 0) is 23.6 Å². The van der Waals surface area contributed by atoms with Gasteiger partial charge < -0.3 is 20.1 Å². The first kappa shape index (κ1) is 29.6. The Morgan fingerprint density at radius 3 is 2.50 bits per heavy atom. The number of fused-ring (bicyclic) bond motifs is 1. The third-order valence-corrected chi connectivity index (χ3v) is 7.98. The van der Waals surface area contributed by atoms with E-state index in [9.17, 15) is 32.6 Å². The van der Waals surface area contributed by atoms with Gasteiger partial charge in [0.1, 0.15) is 11.5 Å². The summed E-state index contributed by atoms with van der Waals surface area (Å²) in [5.74, 6) is -2.32. The van der Waals surface area contributed by atoms with Crippen molar-refractivity contribution in [1.82, 2.24) is 14.3 Å². The maximum Gasteiger partial charge on any atom is 0.289 e. The first-order valence-electron chi connectivity index (χ1n) is 11.8. The summed E-state index contributed by atoms with van der Waals surface area (Å²) in [6, 6.07) is 9.97. The van der Waals surface area contributed by atoms with Gasteiger partial charge in [-0.3, -0.25) is 14.3 Å². The Morgan fingerprint density at radius 2 is 1.85 bits per heavy atom. The molecule has 4 N–H and O–H groups in total. The van der Waals surface area contributed by atoms with Crippen LogP contribution in [0.3, 0.4) is 0 Å². The van der Waals surface area contributed by atoms with Crippen molar-refractivity contribution in [2.24, 2.45) is 7.05 Å². The zero-order valence-electron chi connectivity index (χ0n) is 21.2. The van der Waals surface area contributed by atoms with E-state index in [2.05, 4.69) is 15.1 Å². The van der Waals surface area contributed by atoms with Gasteiger partial charge >= 0.3 is 0 Å². The molecule has 0 fully saturated rings. The van der Waals surface area contributed by atoms with Gasteiger partial charge in [0, 0.05) is 21.9 Å². The number of aryl methyl sites for hydroxylation is 1. The van der Waals surface area contributed by atoms with Gasteiger partial charge in [0.05, 0.1) is 47.3 Å². The molecule has 0 amide bonds. The van der Waals surface area contributed by atoms with E-state index in [0.717, 1.165) is 9.25 Å². The number of halogens is 3. The van der Waals surface area contributed by atoms with Crippen molar-refractivity contribution in [3.05, 3.63) is 78.4 Å². The fourth-order valence-corrected chi connectivity index (χ4v) is 5.06. The summed E-state index contributed by atoms with van der Waals surface area (Å²) in [6.45, 7) is 0.248. The quantitative estimate of drug-likeness (QED) is 0.196. The number of aliphatic hydroxyl groups excluding tert-OH is 2. The molecule has 0 bridgehead atoms. The van der Waals surface area contributed by atoms with Crippen molar-refractivity contribution in [2.75, 3.05) is 22.4 Å². The van der Waals surface area contributed by atoms with E-state index < -0.39 is 57.7 Å². The Kier molecular flexibility index (Phi) is 8.57. The highest BCUT2D eigenvalue weighted by Gasteiger charge is 2.25. The second-order valence-corrected chi connectivity index (χ2v) is 12.0. The van der Waals surface area contributed by atoms with Crippen LogP contribution in [0.4, 0.5) is 25.8 Å². The molecule has 0 aliphatic rings. The van der Waals surface area contributed by atoms with Crippen LogP contribution in [0.25, 0.3) is 22.2 Å². The van der Waals surface area contributed by atoms with Crippen molar-refractivity contribution in [3.63, 3.8) is 0 Å². The maximum atomic E-state index is 15.5. The Morgan fingerprint density at radius 1 is 1.12 bits per heavy atom. The highest BCUT2D eigenvalue weighted by atomic mass is 127. The normalized spacial score (nSPS) is 12.5. The zero-order valence-corrected chi connectivity index (χ0v) is 24.1. The van der Waals surface area contributed by atoms with Gasteiger partial charge in [-0.2, -0.15) is 9.49 Å². The van der Waals surface area contributed by atoms with Gasteiger partial charge in [-0.1, -0.05) is 12.1 Å². The van der Waals surface area contributed by atoms with Crippen LogP contribution < -0.4 is 21.2 Å². The molecule has 11 nitrogen and oxygen atoms in total. The Balaban J connectivity index is 2.09. The SMILES string of the molecule is CCS(=O)(=O)Nc1cccc(-c2nn(CC(O)CO)c(=O)c3c(Nc4ccc(I)cc4F)c(F)c(=O)n(C)c23)c1. The van der Waals surface area contributed by atoms with Crippen molar-refractivity contribution in [3.8, 4) is 11.3 Å². The molecule has 4 rings (SSSR count). The highest BCUT2D eigenvalue weighted by molar-refractivity contribution is 14.1. The second kappa shape index (κ2) is 11.6. The Hall–Kier alpha value is -3.41. The summed E-state index contributed by atoms with van der Waals surface area (Å²) >= 11 is 1.89. The smallest absolute Gasteiger partial charge is 0.289 e. The molecule has 212 valence electrons. The fourth-order valence-electron chi connectivity index (χ4n) is 3.98. The minimum atomic E-state index is -3.65. The lowest BCUT2D eigenvalue weighted by molar-refractivity contribution is 0.0772. The van der Waals surface area contributed by atoms with E-state index >= 15 is 4.39 Å².